The summed E-state index contributed by atoms with van der Waals surface area (Å²) in [7, 11) is 0. The summed E-state index contributed by atoms with van der Waals surface area (Å²) in [5, 5.41) is 17.6. The Hall–Kier alpha value is -1.82. The maximum Gasteiger partial charge on any atom is 0.275 e. The van der Waals surface area contributed by atoms with Crippen LogP contribution in [-0.4, -0.2) is 30.2 Å². The van der Waals surface area contributed by atoms with E-state index in [0.29, 0.717) is 11.8 Å². The van der Waals surface area contributed by atoms with Crippen LogP contribution in [0.15, 0.2) is 18.2 Å². The Morgan fingerprint density at radius 1 is 1.33 bits per heavy atom. The Morgan fingerprint density at radius 3 is 2.71 bits per heavy atom. The second-order valence-electron chi connectivity index (χ2n) is 5.65. The van der Waals surface area contributed by atoms with Gasteiger partial charge in [-0.2, -0.15) is 0 Å². The molecule has 0 bridgehead atoms. The van der Waals surface area contributed by atoms with Crippen LogP contribution in [0.1, 0.15) is 33.1 Å². The molecule has 0 atom stereocenters. The summed E-state index contributed by atoms with van der Waals surface area (Å²) < 4.78 is 5.56. The zero-order chi connectivity index (χ0) is 15.2. The summed E-state index contributed by atoms with van der Waals surface area (Å²) in [6.07, 6.45) is 3.55. The quantitative estimate of drug-likeness (QED) is 0.416. The zero-order valence-corrected chi connectivity index (χ0v) is 12.6. The van der Waals surface area contributed by atoms with E-state index in [4.69, 9.17) is 4.74 Å². The Balaban J connectivity index is 1.89. The largest absolute Gasteiger partial charge is 0.491 e. The number of nitro benzene ring substituents is 1. The first kappa shape index (κ1) is 15.6. The van der Waals surface area contributed by atoms with Crippen molar-refractivity contribution in [2.45, 2.75) is 45.3 Å². The van der Waals surface area contributed by atoms with Gasteiger partial charge < -0.3 is 15.4 Å². The summed E-state index contributed by atoms with van der Waals surface area (Å²) in [4.78, 5) is 10.6. The number of nitrogens with one attached hydrogen (secondary N) is 2. The van der Waals surface area contributed by atoms with Gasteiger partial charge in [0, 0.05) is 30.4 Å². The number of non-ortho nitro benzene ring substituents is 1. The molecule has 21 heavy (non-hydrogen) atoms. The fourth-order valence-corrected chi connectivity index (χ4v) is 2.05. The van der Waals surface area contributed by atoms with Crippen LogP contribution in [0.2, 0.25) is 0 Å². The zero-order valence-electron chi connectivity index (χ0n) is 12.6. The van der Waals surface area contributed by atoms with E-state index in [0.717, 1.165) is 25.2 Å². The van der Waals surface area contributed by atoms with Gasteiger partial charge in [0.25, 0.3) is 5.69 Å². The molecule has 0 aromatic heterocycles. The summed E-state index contributed by atoms with van der Waals surface area (Å²) >= 11 is 0. The number of rotatable bonds is 9. The Labute approximate surface area is 125 Å². The lowest BCUT2D eigenvalue weighted by molar-refractivity contribution is -0.384. The molecule has 1 saturated carbocycles. The highest BCUT2D eigenvalue weighted by Gasteiger charge is 2.19. The molecule has 0 amide bonds. The summed E-state index contributed by atoms with van der Waals surface area (Å²) in [5.41, 5.74) is 0.776. The van der Waals surface area contributed by atoms with Gasteiger partial charge in [-0.3, -0.25) is 10.1 Å². The van der Waals surface area contributed by atoms with Crippen molar-refractivity contribution in [3.05, 3.63) is 28.3 Å². The molecule has 0 radical (unpaired) electrons. The van der Waals surface area contributed by atoms with Crippen LogP contribution >= 0.6 is 0 Å². The van der Waals surface area contributed by atoms with Crippen molar-refractivity contribution < 1.29 is 9.66 Å². The van der Waals surface area contributed by atoms with E-state index >= 15 is 0 Å². The van der Waals surface area contributed by atoms with Crippen LogP contribution in [0.5, 0.6) is 5.75 Å². The minimum Gasteiger partial charge on any atom is -0.491 e. The van der Waals surface area contributed by atoms with E-state index in [-0.39, 0.29) is 11.8 Å². The van der Waals surface area contributed by atoms with Crippen molar-refractivity contribution >= 4 is 11.4 Å². The van der Waals surface area contributed by atoms with Crippen LogP contribution in [0.3, 0.4) is 0 Å². The Morgan fingerprint density at radius 2 is 2.10 bits per heavy atom. The number of ether oxygens (including phenoxy) is 1. The second-order valence-corrected chi connectivity index (χ2v) is 5.65. The molecule has 1 fully saturated rings. The van der Waals surface area contributed by atoms with E-state index in [9.17, 15) is 10.1 Å². The van der Waals surface area contributed by atoms with Gasteiger partial charge in [0.15, 0.2) is 0 Å². The van der Waals surface area contributed by atoms with Crippen LogP contribution < -0.4 is 15.4 Å². The van der Waals surface area contributed by atoms with E-state index in [1.165, 1.54) is 18.9 Å². The van der Waals surface area contributed by atoms with Crippen LogP contribution in [0.4, 0.5) is 11.4 Å². The molecule has 116 valence electrons. The number of nitrogens with zero attached hydrogens (tertiary/aromatic N) is 1. The fourth-order valence-electron chi connectivity index (χ4n) is 2.05. The highest BCUT2D eigenvalue weighted by atomic mass is 16.6. The number of hydrogen-bond donors (Lipinski definition) is 2. The number of nitro groups is 1. The van der Waals surface area contributed by atoms with Crippen molar-refractivity contribution in [2.24, 2.45) is 0 Å². The lowest BCUT2D eigenvalue weighted by Crippen LogP contribution is -2.19. The monoisotopic (exact) mass is 293 g/mol. The van der Waals surface area contributed by atoms with Gasteiger partial charge in [-0.1, -0.05) is 0 Å². The number of hydrogen-bond acceptors (Lipinski definition) is 5. The highest BCUT2D eigenvalue weighted by Crippen LogP contribution is 2.26. The van der Waals surface area contributed by atoms with E-state index in [1.807, 2.05) is 13.8 Å². The van der Waals surface area contributed by atoms with Crippen molar-refractivity contribution in [1.82, 2.24) is 5.32 Å². The number of anilines is 1. The normalized spacial score (nSPS) is 14.2. The third-order valence-electron chi connectivity index (χ3n) is 3.17. The van der Waals surface area contributed by atoms with Gasteiger partial charge in [0.1, 0.15) is 5.75 Å². The van der Waals surface area contributed by atoms with Gasteiger partial charge in [0.2, 0.25) is 0 Å². The highest BCUT2D eigenvalue weighted by molar-refractivity contribution is 5.56. The van der Waals surface area contributed by atoms with Gasteiger partial charge in [-0.05, 0) is 39.7 Å². The molecule has 1 aromatic rings. The fraction of sp³-hybridized carbons (Fsp3) is 0.600. The van der Waals surface area contributed by atoms with Crippen molar-refractivity contribution in [3.63, 3.8) is 0 Å². The molecule has 0 heterocycles. The molecule has 0 aliphatic heterocycles. The van der Waals surface area contributed by atoms with E-state index in [1.54, 1.807) is 12.1 Å². The molecular formula is C15H23N3O3. The maximum atomic E-state index is 11.0. The lowest BCUT2D eigenvalue weighted by atomic mass is 10.2. The molecule has 0 unspecified atom stereocenters. The number of benzene rings is 1. The Bertz CT molecular complexity index is 487. The molecule has 2 N–H and O–H groups in total. The smallest absolute Gasteiger partial charge is 0.275 e. The van der Waals surface area contributed by atoms with Gasteiger partial charge in [-0.25, -0.2) is 0 Å². The average molecular weight is 293 g/mol. The molecule has 1 aliphatic carbocycles. The summed E-state index contributed by atoms with van der Waals surface area (Å²) in [6.45, 7) is 5.55. The summed E-state index contributed by atoms with van der Waals surface area (Å²) in [6, 6.07) is 5.52. The molecule has 1 aliphatic rings. The first-order valence-electron chi connectivity index (χ1n) is 7.48. The molecule has 1 aromatic carbocycles. The van der Waals surface area contributed by atoms with Crippen LogP contribution in [-0.2, 0) is 0 Å². The van der Waals surface area contributed by atoms with E-state index in [2.05, 4.69) is 10.6 Å². The third-order valence-corrected chi connectivity index (χ3v) is 3.17. The summed E-state index contributed by atoms with van der Waals surface area (Å²) in [5.74, 6) is 0.526. The van der Waals surface area contributed by atoms with Crippen molar-refractivity contribution in [2.75, 3.05) is 18.4 Å². The van der Waals surface area contributed by atoms with Crippen LogP contribution in [0, 0.1) is 10.1 Å². The molecule has 6 heteroatoms. The maximum absolute atomic E-state index is 11.0. The van der Waals surface area contributed by atoms with Gasteiger partial charge >= 0.3 is 0 Å². The Kier molecular flexibility index (Phi) is 5.38. The SMILES string of the molecule is CC(C)Oc1cc(NCCCNC2CC2)cc([N+](=O)[O-])c1. The first-order valence-corrected chi connectivity index (χ1v) is 7.48. The molecule has 6 nitrogen and oxygen atoms in total. The minimum atomic E-state index is -0.396. The van der Waals surface area contributed by atoms with Crippen molar-refractivity contribution in [3.8, 4) is 5.75 Å². The lowest BCUT2D eigenvalue weighted by Gasteiger charge is -2.12. The second kappa shape index (κ2) is 7.26. The molecule has 2 rings (SSSR count). The molecular weight excluding hydrogens is 270 g/mol. The minimum absolute atomic E-state index is 0.0115. The predicted octanol–water partition coefficient (Wildman–Crippen LogP) is 2.94. The first-order chi connectivity index (χ1) is 10.0. The van der Waals surface area contributed by atoms with E-state index < -0.39 is 4.92 Å². The van der Waals surface area contributed by atoms with Crippen LogP contribution in [0.25, 0.3) is 0 Å². The topological polar surface area (TPSA) is 76.4 Å². The molecule has 0 spiro atoms. The average Bonchev–Trinajstić information content (AvgIpc) is 3.21. The third kappa shape index (κ3) is 5.59. The standard InChI is InChI=1S/C15H23N3O3/c1-11(2)21-15-9-13(8-14(10-15)18(19)20)17-7-3-6-16-12-4-5-12/h8-12,16-17H,3-7H2,1-2H3. The van der Waals surface area contributed by atoms with Crippen molar-refractivity contribution in [1.29, 1.82) is 0 Å². The predicted molar refractivity (Wildman–Crippen MR) is 83.0 cm³/mol. The van der Waals surface area contributed by atoms with Gasteiger partial charge in [0.05, 0.1) is 17.1 Å². The molecule has 0 saturated heterocycles. The van der Waals surface area contributed by atoms with Gasteiger partial charge in [-0.15, -0.1) is 0 Å².